The van der Waals surface area contributed by atoms with E-state index in [1.807, 2.05) is 0 Å². The van der Waals surface area contributed by atoms with Crippen LogP contribution in [0.4, 0.5) is 22.0 Å². The molecule has 1 saturated heterocycles. The molecule has 0 bridgehead atoms. The van der Waals surface area contributed by atoms with Gasteiger partial charge in [0.1, 0.15) is 54.3 Å². The number of β-amino-alcohol motifs (C(OH)–C–C–N with tert-alkyl or cyclic N) is 1. The number of aromatic nitrogens is 4. The largest absolute Gasteiger partial charge is 0.481 e. The number of amidine groups is 1. The lowest BCUT2D eigenvalue weighted by Gasteiger charge is -2.40. The molecule has 5 heterocycles. The number of carbonyl (C=O) groups excluding carboxylic acids is 2. The van der Waals surface area contributed by atoms with E-state index in [1.165, 1.54) is 15.8 Å². The molecule has 294 valence electrons. The number of nitrogens with two attached hydrogens (primary N) is 1. The van der Waals surface area contributed by atoms with E-state index in [0.717, 1.165) is 17.5 Å². The Labute approximate surface area is 309 Å². The summed E-state index contributed by atoms with van der Waals surface area (Å²) >= 11 is 4.31. The number of benzene rings is 1. The maximum atomic E-state index is 12.6. The zero-order chi connectivity index (χ0) is 39.3. The zero-order valence-corrected chi connectivity index (χ0v) is 30.4. The van der Waals surface area contributed by atoms with Gasteiger partial charge in [-0.2, -0.15) is 21.9 Å². The van der Waals surface area contributed by atoms with E-state index < -0.39 is 96.2 Å². The van der Waals surface area contributed by atoms with Crippen LogP contribution in [-0.2, 0) is 37.8 Å². The van der Waals surface area contributed by atoms with Crippen molar-refractivity contribution in [2.75, 3.05) is 35.7 Å². The van der Waals surface area contributed by atoms with Gasteiger partial charge in [0.05, 0.1) is 37.5 Å². The standard InChI is InChI=1S/C27H35N9O15P2S/c1-10-2-12-13(3-11(10)7-54)35(24-18(32-12)25(42)34-27(43)33-24)4-14(37)19(39)15(38)5-48-52(44,45)51-53(46,47)49-6-16-20(40)21(41)26(50-16)36-9-31-17-22(28)29-8-30-23(17)36/h2-3,8-9,14-16,18-21,26,32,37-41,54H,4-7H2,1H3,(H,44,45)(H,46,47)(H2,28,29,30)(H,34,42,43)/t14-,15+,16+,18-,19-,20+,21+,26+/m0/s1. The van der Waals surface area contributed by atoms with Gasteiger partial charge < -0.3 is 56.0 Å². The first-order valence-corrected chi connectivity index (χ1v) is 19.4. The Morgan fingerprint density at radius 1 is 1.06 bits per heavy atom. The molecule has 3 aliphatic rings. The zero-order valence-electron chi connectivity index (χ0n) is 27.8. The Hall–Kier alpha value is -3.65. The van der Waals surface area contributed by atoms with E-state index in [2.05, 4.69) is 52.0 Å². The van der Waals surface area contributed by atoms with Gasteiger partial charge in [-0.25, -0.2) is 28.9 Å². The van der Waals surface area contributed by atoms with Gasteiger partial charge in [0.25, 0.3) is 5.91 Å². The maximum absolute atomic E-state index is 12.6. The van der Waals surface area contributed by atoms with Crippen molar-refractivity contribution in [3.8, 4) is 0 Å². The molecule has 1 fully saturated rings. The first kappa shape index (κ1) is 40.0. The second-order valence-electron chi connectivity index (χ2n) is 12.3. The topological polar surface area (TPSA) is 356 Å². The van der Waals surface area contributed by atoms with Gasteiger partial charge in [-0.1, -0.05) is 0 Å². The third kappa shape index (κ3) is 8.15. The number of hydrogen-bond donors (Lipinski definition) is 11. The van der Waals surface area contributed by atoms with Crippen molar-refractivity contribution < 1.29 is 72.1 Å². The fraction of sp³-hybridized carbons (Fsp3) is 0.481. The van der Waals surface area contributed by atoms with Crippen molar-refractivity contribution in [3.05, 3.63) is 35.9 Å². The van der Waals surface area contributed by atoms with Gasteiger partial charge in [-0.15, -0.1) is 0 Å². The van der Waals surface area contributed by atoms with E-state index in [1.54, 1.807) is 19.1 Å². The highest BCUT2D eigenvalue weighted by Crippen LogP contribution is 2.60. The summed E-state index contributed by atoms with van der Waals surface area (Å²) in [7, 11) is -11.0. The van der Waals surface area contributed by atoms with Crippen molar-refractivity contribution in [2.24, 2.45) is 4.99 Å². The number of carbonyl (C=O) groups is 2. The molecule has 0 saturated carbocycles. The quantitative estimate of drug-likeness (QED) is 0.0622. The van der Waals surface area contributed by atoms with Crippen LogP contribution in [0.3, 0.4) is 0 Å². The number of hydrogen-bond acceptors (Lipinski definition) is 20. The molecule has 0 spiro atoms. The lowest BCUT2D eigenvalue weighted by atomic mass is 10.00. The number of aliphatic imine (C=N–C) groups is 1. The summed E-state index contributed by atoms with van der Waals surface area (Å²) in [5.74, 6) is -0.525. The molecule has 2 unspecified atom stereocenters. The fourth-order valence-electron chi connectivity index (χ4n) is 5.88. The van der Waals surface area contributed by atoms with Crippen LogP contribution < -0.4 is 21.3 Å². The number of phosphoric ester groups is 2. The highest BCUT2D eigenvalue weighted by Gasteiger charge is 2.47. The average Bonchev–Trinajstić information content (AvgIpc) is 3.66. The normalized spacial score (nSPS) is 26.5. The predicted molar refractivity (Wildman–Crippen MR) is 186 cm³/mol. The third-order valence-electron chi connectivity index (χ3n) is 8.63. The van der Waals surface area contributed by atoms with Crippen molar-refractivity contribution >= 4 is 74.4 Å². The molecule has 10 atom stereocenters. The molecular weight excluding hydrogens is 784 g/mol. The summed E-state index contributed by atoms with van der Waals surface area (Å²) < 4.78 is 45.4. The second kappa shape index (κ2) is 15.5. The fourth-order valence-corrected chi connectivity index (χ4v) is 8.31. The van der Waals surface area contributed by atoms with Gasteiger partial charge in [-0.3, -0.25) is 23.7 Å². The van der Waals surface area contributed by atoms with E-state index in [0.29, 0.717) is 17.1 Å². The smallest absolute Gasteiger partial charge is 0.388 e. The Balaban J connectivity index is 1.05. The summed E-state index contributed by atoms with van der Waals surface area (Å²) in [4.78, 5) is 61.9. The first-order valence-electron chi connectivity index (χ1n) is 15.8. The number of imide groups is 1. The summed E-state index contributed by atoms with van der Waals surface area (Å²) in [6.07, 6.45) is -9.92. The number of nitrogen functional groups attached to an aromatic ring is 1. The molecule has 2 aromatic heterocycles. The number of rotatable bonds is 14. The molecule has 3 amide bonds. The number of anilines is 3. The molecule has 3 aliphatic heterocycles. The highest BCUT2D eigenvalue weighted by molar-refractivity contribution is 7.79. The van der Waals surface area contributed by atoms with E-state index >= 15 is 0 Å². The monoisotopic (exact) mass is 819 g/mol. The molecule has 0 aliphatic carbocycles. The SMILES string of the molecule is Cc1cc2c(cc1CS)N(C[C@H](O)[C@H](O)[C@H](O)COP(=O)(O)OP(=O)(O)OC[C@H]1O[C@@H](n3cnc4c(N)ncnc43)[C@H](O)[C@@H]1O)C1=NC(=O)NC(=O)[C@H]1N2. The van der Waals surface area contributed by atoms with Crippen molar-refractivity contribution in [3.63, 3.8) is 0 Å². The minimum absolute atomic E-state index is 0.0294. The van der Waals surface area contributed by atoms with Crippen LogP contribution in [0.5, 0.6) is 0 Å². The molecule has 0 radical (unpaired) electrons. The molecule has 6 rings (SSSR count). The minimum atomic E-state index is -5.54. The molecule has 54 heavy (non-hydrogen) atoms. The number of ether oxygens (including phenoxy) is 1. The lowest BCUT2D eigenvalue weighted by molar-refractivity contribution is -0.119. The predicted octanol–water partition coefficient (Wildman–Crippen LogP) is -1.95. The average molecular weight is 820 g/mol. The molecule has 3 aromatic rings. The maximum Gasteiger partial charge on any atom is 0.481 e. The van der Waals surface area contributed by atoms with Gasteiger partial charge in [-0.05, 0) is 30.2 Å². The molecule has 1 aromatic carbocycles. The minimum Gasteiger partial charge on any atom is -0.388 e. The number of nitrogens with one attached hydrogen (secondary N) is 2. The number of aryl methyl sites for hydroxylation is 1. The number of thiol groups is 1. The van der Waals surface area contributed by atoms with Crippen molar-refractivity contribution in [1.29, 1.82) is 0 Å². The lowest BCUT2D eigenvalue weighted by Crippen LogP contribution is -2.60. The number of urea groups is 1. The van der Waals surface area contributed by atoms with Gasteiger partial charge in [0, 0.05) is 5.75 Å². The van der Waals surface area contributed by atoms with Crippen molar-refractivity contribution in [1.82, 2.24) is 24.8 Å². The van der Waals surface area contributed by atoms with Crippen LogP contribution in [0.2, 0.25) is 0 Å². The summed E-state index contributed by atoms with van der Waals surface area (Å²) in [5, 5.41) is 58.3. The Kier molecular flexibility index (Phi) is 11.5. The summed E-state index contributed by atoms with van der Waals surface area (Å²) in [6, 6.07) is 1.24. The van der Waals surface area contributed by atoms with Crippen LogP contribution in [0.15, 0.2) is 29.8 Å². The first-order chi connectivity index (χ1) is 25.4. The van der Waals surface area contributed by atoms with Gasteiger partial charge >= 0.3 is 21.7 Å². The number of imidazole rings is 1. The number of amides is 3. The number of aliphatic hydroxyl groups excluding tert-OH is 5. The van der Waals surface area contributed by atoms with Crippen LogP contribution in [0.25, 0.3) is 11.2 Å². The Bertz CT molecular complexity index is 2080. The Morgan fingerprint density at radius 2 is 1.78 bits per heavy atom. The second-order valence-corrected chi connectivity index (χ2v) is 15.6. The molecule has 24 nitrogen and oxygen atoms in total. The van der Waals surface area contributed by atoms with Crippen LogP contribution >= 0.6 is 28.3 Å². The molecular formula is C27H35N9O15P2S. The number of fused-ring (bicyclic) bond motifs is 3. The molecule has 27 heteroatoms. The molecule has 11 N–H and O–H groups in total. The summed E-state index contributed by atoms with van der Waals surface area (Å²) in [6.45, 7) is -0.944. The highest BCUT2D eigenvalue weighted by atomic mass is 32.1. The van der Waals surface area contributed by atoms with Gasteiger partial charge in [0.15, 0.2) is 23.7 Å². The van der Waals surface area contributed by atoms with Gasteiger partial charge in [0.2, 0.25) is 0 Å². The summed E-state index contributed by atoms with van der Waals surface area (Å²) in [5.41, 5.74) is 8.40. The van der Waals surface area contributed by atoms with E-state index in [4.69, 9.17) is 15.0 Å². The number of nitrogens with zero attached hydrogens (tertiary/aromatic N) is 6. The van der Waals surface area contributed by atoms with Crippen LogP contribution in [-0.4, -0.2) is 135 Å². The number of phosphoric acid groups is 2. The number of aliphatic hydroxyl groups is 5. The van der Waals surface area contributed by atoms with E-state index in [-0.39, 0.29) is 22.8 Å². The van der Waals surface area contributed by atoms with Crippen molar-refractivity contribution in [2.45, 2.75) is 61.6 Å². The van der Waals surface area contributed by atoms with E-state index in [9.17, 15) is 54.0 Å². The third-order valence-corrected chi connectivity index (χ3v) is 11.6. The Morgan fingerprint density at radius 3 is 2.50 bits per heavy atom. The van der Waals surface area contributed by atoms with Crippen LogP contribution in [0.1, 0.15) is 17.4 Å². The van der Waals surface area contributed by atoms with Crippen LogP contribution in [0, 0.1) is 6.92 Å².